The van der Waals surface area contributed by atoms with E-state index in [-0.39, 0.29) is 18.5 Å². The maximum atomic E-state index is 12.0. The molecule has 1 rings (SSSR count). The zero-order valence-corrected chi connectivity index (χ0v) is 10.8. The van der Waals surface area contributed by atoms with Crippen molar-refractivity contribution in [1.82, 2.24) is 10.2 Å². The molecule has 2 N–H and O–H groups in total. The standard InChI is InChI=1S/C12H22N2O3/c1-4-14(9(2)3)11(17)13-12(6-5-7-12)8-10(15)16/h9H,4-8H2,1-3H3,(H,13,17)(H,15,16). The van der Waals surface area contributed by atoms with Crippen molar-refractivity contribution in [3.05, 3.63) is 0 Å². The number of nitrogens with zero attached hydrogens (tertiary/aromatic N) is 1. The molecule has 0 aliphatic heterocycles. The third kappa shape index (κ3) is 3.35. The maximum absolute atomic E-state index is 12.0. The van der Waals surface area contributed by atoms with Crippen LogP contribution in [0.4, 0.5) is 4.79 Å². The highest BCUT2D eigenvalue weighted by Crippen LogP contribution is 2.35. The predicted octanol–water partition coefficient (Wildman–Crippen LogP) is 1.82. The second kappa shape index (κ2) is 5.38. The van der Waals surface area contributed by atoms with Crippen molar-refractivity contribution in [2.45, 2.75) is 58.0 Å². The lowest BCUT2D eigenvalue weighted by molar-refractivity contribution is -0.139. The maximum Gasteiger partial charge on any atom is 0.318 e. The Hall–Kier alpha value is -1.26. The van der Waals surface area contributed by atoms with Gasteiger partial charge in [-0.3, -0.25) is 4.79 Å². The number of rotatable bonds is 5. The number of carbonyl (C=O) groups is 2. The van der Waals surface area contributed by atoms with Crippen molar-refractivity contribution in [2.24, 2.45) is 0 Å². The molecular weight excluding hydrogens is 220 g/mol. The normalized spacial score (nSPS) is 17.4. The number of amides is 2. The van der Waals surface area contributed by atoms with Crippen molar-refractivity contribution < 1.29 is 14.7 Å². The van der Waals surface area contributed by atoms with Crippen LogP contribution in [0.15, 0.2) is 0 Å². The number of hydrogen-bond acceptors (Lipinski definition) is 2. The van der Waals surface area contributed by atoms with Gasteiger partial charge in [0.25, 0.3) is 0 Å². The van der Waals surface area contributed by atoms with Crippen LogP contribution in [0.25, 0.3) is 0 Å². The molecule has 17 heavy (non-hydrogen) atoms. The highest BCUT2D eigenvalue weighted by Gasteiger charge is 2.41. The number of aliphatic carboxylic acids is 1. The van der Waals surface area contributed by atoms with Crippen LogP contribution in [0, 0.1) is 0 Å². The first-order valence-corrected chi connectivity index (χ1v) is 6.21. The van der Waals surface area contributed by atoms with Gasteiger partial charge < -0.3 is 15.3 Å². The Labute approximate surface area is 102 Å². The fourth-order valence-corrected chi connectivity index (χ4v) is 2.28. The Morgan fingerprint density at radius 1 is 1.41 bits per heavy atom. The second-order valence-electron chi connectivity index (χ2n) is 5.01. The van der Waals surface area contributed by atoms with E-state index < -0.39 is 11.5 Å². The van der Waals surface area contributed by atoms with E-state index in [1.54, 1.807) is 4.90 Å². The average molecular weight is 242 g/mol. The molecule has 0 atom stereocenters. The van der Waals surface area contributed by atoms with E-state index in [1.807, 2.05) is 20.8 Å². The van der Waals surface area contributed by atoms with E-state index in [4.69, 9.17) is 5.11 Å². The van der Waals surface area contributed by atoms with Crippen LogP contribution < -0.4 is 5.32 Å². The van der Waals surface area contributed by atoms with Crippen LogP contribution in [0.5, 0.6) is 0 Å². The summed E-state index contributed by atoms with van der Waals surface area (Å²) in [4.78, 5) is 24.5. The summed E-state index contributed by atoms with van der Waals surface area (Å²) < 4.78 is 0. The molecule has 0 aromatic carbocycles. The van der Waals surface area contributed by atoms with E-state index in [0.717, 1.165) is 19.3 Å². The Morgan fingerprint density at radius 2 is 2.00 bits per heavy atom. The minimum atomic E-state index is -0.849. The summed E-state index contributed by atoms with van der Waals surface area (Å²) in [6.45, 7) is 6.46. The molecule has 0 unspecified atom stereocenters. The lowest BCUT2D eigenvalue weighted by Gasteiger charge is -2.43. The van der Waals surface area contributed by atoms with Crippen molar-refractivity contribution in [2.75, 3.05) is 6.54 Å². The highest BCUT2D eigenvalue weighted by molar-refractivity contribution is 5.77. The molecule has 1 aliphatic rings. The van der Waals surface area contributed by atoms with Gasteiger partial charge in [-0.2, -0.15) is 0 Å². The van der Waals surface area contributed by atoms with Crippen LogP contribution >= 0.6 is 0 Å². The molecular formula is C12H22N2O3. The number of hydrogen-bond donors (Lipinski definition) is 2. The number of urea groups is 1. The van der Waals surface area contributed by atoms with Crippen LogP contribution in [0.1, 0.15) is 46.5 Å². The lowest BCUT2D eigenvalue weighted by Crippen LogP contribution is -2.58. The van der Waals surface area contributed by atoms with Gasteiger partial charge in [0, 0.05) is 12.6 Å². The minimum absolute atomic E-state index is 0.0222. The molecule has 0 radical (unpaired) electrons. The first-order valence-electron chi connectivity index (χ1n) is 6.21. The summed E-state index contributed by atoms with van der Waals surface area (Å²) in [6, 6.07) is -0.0228. The molecule has 0 saturated heterocycles. The summed E-state index contributed by atoms with van der Waals surface area (Å²) in [7, 11) is 0. The molecule has 1 saturated carbocycles. The first kappa shape index (κ1) is 13.8. The van der Waals surface area contributed by atoms with Gasteiger partial charge in [-0.1, -0.05) is 0 Å². The first-order chi connectivity index (χ1) is 7.90. The van der Waals surface area contributed by atoms with E-state index >= 15 is 0 Å². The summed E-state index contributed by atoms with van der Waals surface area (Å²) in [6.07, 6.45) is 2.54. The Morgan fingerprint density at radius 3 is 2.29 bits per heavy atom. The third-order valence-electron chi connectivity index (χ3n) is 3.40. The van der Waals surface area contributed by atoms with Crippen molar-refractivity contribution in [1.29, 1.82) is 0 Å². The largest absolute Gasteiger partial charge is 0.481 e. The van der Waals surface area contributed by atoms with E-state index in [2.05, 4.69) is 5.32 Å². The number of carboxylic acids is 1. The van der Waals surface area contributed by atoms with E-state index in [0.29, 0.717) is 6.54 Å². The fraction of sp³-hybridized carbons (Fsp3) is 0.833. The molecule has 0 spiro atoms. The average Bonchev–Trinajstić information content (AvgIpc) is 2.13. The van der Waals surface area contributed by atoms with E-state index in [9.17, 15) is 9.59 Å². The topological polar surface area (TPSA) is 69.6 Å². The lowest BCUT2D eigenvalue weighted by atomic mass is 9.74. The van der Waals surface area contributed by atoms with Crippen molar-refractivity contribution >= 4 is 12.0 Å². The van der Waals surface area contributed by atoms with Gasteiger partial charge in [-0.25, -0.2) is 4.79 Å². The smallest absolute Gasteiger partial charge is 0.318 e. The molecule has 0 aromatic rings. The molecule has 0 heterocycles. The molecule has 2 amide bonds. The molecule has 5 heteroatoms. The van der Waals surface area contributed by atoms with Gasteiger partial charge >= 0.3 is 12.0 Å². The Kier molecular flexibility index (Phi) is 4.37. The summed E-state index contributed by atoms with van der Waals surface area (Å²) in [5.41, 5.74) is -0.509. The zero-order chi connectivity index (χ0) is 13.1. The van der Waals surface area contributed by atoms with Gasteiger partial charge in [0.1, 0.15) is 0 Å². The van der Waals surface area contributed by atoms with Gasteiger partial charge in [0.05, 0.1) is 12.0 Å². The zero-order valence-electron chi connectivity index (χ0n) is 10.8. The van der Waals surface area contributed by atoms with Crippen molar-refractivity contribution in [3.63, 3.8) is 0 Å². The van der Waals surface area contributed by atoms with Crippen LogP contribution in [-0.4, -0.2) is 40.1 Å². The molecule has 1 aliphatic carbocycles. The molecule has 1 fully saturated rings. The number of carbonyl (C=O) groups excluding carboxylic acids is 1. The van der Waals surface area contributed by atoms with Gasteiger partial charge in [-0.05, 0) is 40.0 Å². The number of nitrogens with one attached hydrogen (secondary N) is 1. The van der Waals surface area contributed by atoms with Crippen LogP contribution in [0.2, 0.25) is 0 Å². The highest BCUT2D eigenvalue weighted by atomic mass is 16.4. The molecule has 0 bridgehead atoms. The number of carboxylic acid groups (broad SMARTS) is 1. The van der Waals surface area contributed by atoms with Gasteiger partial charge in [-0.15, -0.1) is 0 Å². The SMILES string of the molecule is CCN(C(=O)NC1(CC(=O)O)CCC1)C(C)C. The summed E-state index contributed by atoms with van der Waals surface area (Å²) in [5.74, 6) is -0.849. The van der Waals surface area contributed by atoms with Crippen molar-refractivity contribution in [3.8, 4) is 0 Å². The summed E-state index contributed by atoms with van der Waals surface area (Å²) >= 11 is 0. The van der Waals surface area contributed by atoms with Crippen LogP contribution in [-0.2, 0) is 4.79 Å². The monoisotopic (exact) mass is 242 g/mol. The Bertz CT molecular complexity index is 298. The van der Waals surface area contributed by atoms with E-state index in [1.165, 1.54) is 0 Å². The van der Waals surface area contributed by atoms with Gasteiger partial charge in [0.15, 0.2) is 0 Å². The predicted molar refractivity (Wildman–Crippen MR) is 64.9 cm³/mol. The fourth-order valence-electron chi connectivity index (χ4n) is 2.28. The molecule has 5 nitrogen and oxygen atoms in total. The quantitative estimate of drug-likeness (QED) is 0.772. The second-order valence-corrected chi connectivity index (χ2v) is 5.01. The third-order valence-corrected chi connectivity index (χ3v) is 3.40. The summed E-state index contributed by atoms with van der Waals surface area (Å²) in [5, 5.41) is 11.8. The molecule has 0 aromatic heterocycles. The Balaban J connectivity index is 2.62. The van der Waals surface area contributed by atoms with Gasteiger partial charge in [0.2, 0.25) is 0 Å². The molecule has 98 valence electrons. The minimum Gasteiger partial charge on any atom is -0.481 e. The van der Waals surface area contributed by atoms with Crippen LogP contribution in [0.3, 0.4) is 0 Å².